The standard InChI is InChI=1S/C21H28N4/c1-22-21(23-14-12-18-8-4-2-5-9-18)24-16-19-13-15-25(17-19)20-10-6-3-7-11-20/h2-11,19H,12-17H2,1H3,(H2,22,23,24). The van der Waals surface area contributed by atoms with Gasteiger partial charge in [-0.1, -0.05) is 48.5 Å². The summed E-state index contributed by atoms with van der Waals surface area (Å²) in [7, 11) is 1.84. The molecule has 25 heavy (non-hydrogen) atoms. The van der Waals surface area contributed by atoms with Gasteiger partial charge in [0.25, 0.3) is 0 Å². The lowest BCUT2D eigenvalue weighted by molar-refractivity contribution is 0.566. The minimum Gasteiger partial charge on any atom is -0.371 e. The highest BCUT2D eigenvalue weighted by molar-refractivity contribution is 5.79. The zero-order valence-corrected chi connectivity index (χ0v) is 15.0. The largest absolute Gasteiger partial charge is 0.371 e. The van der Waals surface area contributed by atoms with Gasteiger partial charge in [-0.15, -0.1) is 0 Å². The number of nitrogens with one attached hydrogen (secondary N) is 2. The first-order chi connectivity index (χ1) is 12.3. The zero-order chi connectivity index (χ0) is 17.3. The van der Waals surface area contributed by atoms with Crippen molar-refractivity contribution in [2.75, 3.05) is 38.1 Å². The third-order valence-electron chi connectivity index (χ3n) is 4.74. The Hall–Kier alpha value is -2.49. The average Bonchev–Trinajstić information content (AvgIpc) is 3.15. The molecular formula is C21H28N4. The van der Waals surface area contributed by atoms with Crippen molar-refractivity contribution in [2.45, 2.75) is 12.8 Å². The Balaban J connectivity index is 1.38. The van der Waals surface area contributed by atoms with E-state index < -0.39 is 0 Å². The second-order valence-corrected chi connectivity index (χ2v) is 6.55. The Morgan fingerprint density at radius 2 is 1.76 bits per heavy atom. The minimum absolute atomic E-state index is 0.660. The number of hydrogen-bond donors (Lipinski definition) is 2. The molecule has 1 atom stereocenters. The molecule has 2 aromatic rings. The van der Waals surface area contributed by atoms with Crippen LogP contribution in [0.15, 0.2) is 65.7 Å². The van der Waals surface area contributed by atoms with Crippen LogP contribution in [0.2, 0.25) is 0 Å². The smallest absolute Gasteiger partial charge is 0.190 e. The molecule has 1 heterocycles. The first-order valence-corrected chi connectivity index (χ1v) is 9.13. The molecule has 1 fully saturated rings. The average molecular weight is 336 g/mol. The number of rotatable bonds is 6. The van der Waals surface area contributed by atoms with Gasteiger partial charge in [-0.3, -0.25) is 4.99 Å². The lowest BCUT2D eigenvalue weighted by atomic mass is 10.1. The van der Waals surface area contributed by atoms with Crippen LogP contribution in [0.3, 0.4) is 0 Å². The molecule has 0 amide bonds. The summed E-state index contributed by atoms with van der Waals surface area (Å²) in [5.41, 5.74) is 2.68. The van der Waals surface area contributed by atoms with E-state index in [1.54, 1.807) is 0 Å². The maximum atomic E-state index is 4.34. The van der Waals surface area contributed by atoms with Gasteiger partial charge in [0.1, 0.15) is 0 Å². The summed E-state index contributed by atoms with van der Waals surface area (Å²) in [6.45, 7) is 4.10. The van der Waals surface area contributed by atoms with Gasteiger partial charge in [0.05, 0.1) is 0 Å². The van der Waals surface area contributed by atoms with E-state index in [2.05, 4.69) is 81.2 Å². The van der Waals surface area contributed by atoms with E-state index in [1.807, 2.05) is 7.05 Å². The van der Waals surface area contributed by atoms with E-state index in [0.29, 0.717) is 5.92 Å². The minimum atomic E-state index is 0.660. The van der Waals surface area contributed by atoms with Crippen molar-refractivity contribution in [3.05, 3.63) is 66.2 Å². The van der Waals surface area contributed by atoms with E-state index in [0.717, 1.165) is 38.6 Å². The second kappa shape index (κ2) is 9.11. The number of benzene rings is 2. The van der Waals surface area contributed by atoms with E-state index in [9.17, 15) is 0 Å². The molecule has 1 aliphatic heterocycles. The maximum absolute atomic E-state index is 4.34. The Morgan fingerprint density at radius 1 is 1.04 bits per heavy atom. The van der Waals surface area contributed by atoms with Crippen LogP contribution in [0.1, 0.15) is 12.0 Å². The summed E-state index contributed by atoms with van der Waals surface area (Å²) < 4.78 is 0. The van der Waals surface area contributed by atoms with Gasteiger partial charge in [-0.2, -0.15) is 0 Å². The molecule has 0 bridgehead atoms. The molecular weight excluding hydrogens is 308 g/mol. The van der Waals surface area contributed by atoms with Crippen LogP contribution >= 0.6 is 0 Å². The van der Waals surface area contributed by atoms with Gasteiger partial charge in [0, 0.05) is 38.9 Å². The topological polar surface area (TPSA) is 39.7 Å². The van der Waals surface area contributed by atoms with Crippen molar-refractivity contribution < 1.29 is 0 Å². The summed E-state index contributed by atoms with van der Waals surface area (Å²) in [4.78, 5) is 6.81. The molecule has 0 radical (unpaired) electrons. The van der Waals surface area contributed by atoms with Gasteiger partial charge in [-0.05, 0) is 36.5 Å². The van der Waals surface area contributed by atoms with Crippen molar-refractivity contribution in [1.82, 2.24) is 10.6 Å². The van der Waals surface area contributed by atoms with Crippen molar-refractivity contribution >= 4 is 11.6 Å². The third kappa shape index (κ3) is 5.24. The van der Waals surface area contributed by atoms with Crippen molar-refractivity contribution in [3.8, 4) is 0 Å². The number of nitrogens with zero attached hydrogens (tertiary/aromatic N) is 2. The Morgan fingerprint density at radius 3 is 2.48 bits per heavy atom. The SMILES string of the molecule is CN=C(NCCc1ccccc1)NCC1CCN(c2ccccc2)C1. The fraction of sp³-hybridized carbons (Fsp3) is 0.381. The van der Waals surface area contributed by atoms with Gasteiger partial charge < -0.3 is 15.5 Å². The predicted molar refractivity (Wildman–Crippen MR) is 106 cm³/mol. The molecule has 0 spiro atoms. The van der Waals surface area contributed by atoms with Gasteiger partial charge in [0.15, 0.2) is 5.96 Å². The normalized spacial score (nSPS) is 17.6. The number of aliphatic imine (C=N–C) groups is 1. The third-order valence-corrected chi connectivity index (χ3v) is 4.74. The molecule has 1 unspecified atom stereocenters. The molecule has 0 aromatic heterocycles. The van der Waals surface area contributed by atoms with Crippen molar-refractivity contribution in [2.24, 2.45) is 10.9 Å². The number of guanidine groups is 1. The lowest BCUT2D eigenvalue weighted by Gasteiger charge is -2.19. The van der Waals surface area contributed by atoms with E-state index >= 15 is 0 Å². The molecule has 2 N–H and O–H groups in total. The van der Waals surface area contributed by atoms with Crippen LogP contribution in [0.4, 0.5) is 5.69 Å². The van der Waals surface area contributed by atoms with Crippen LogP contribution < -0.4 is 15.5 Å². The molecule has 2 aromatic carbocycles. The molecule has 132 valence electrons. The first kappa shape index (κ1) is 17.3. The number of para-hydroxylation sites is 1. The molecule has 1 saturated heterocycles. The van der Waals surface area contributed by atoms with Crippen molar-refractivity contribution in [1.29, 1.82) is 0 Å². The Bertz CT molecular complexity index is 654. The monoisotopic (exact) mass is 336 g/mol. The summed E-state index contributed by atoms with van der Waals surface area (Å²) >= 11 is 0. The fourth-order valence-corrected chi connectivity index (χ4v) is 3.30. The molecule has 4 heteroatoms. The summed E-state index contributed by atoms with van der Waals surface area (Å²) in [5, 5.41) is 6.89. The number of hydrogen-bond acceptors (Lipinski definition) is 2. The van der Waals surface area contributed by atoms with E-state index in [1.165, 1.54) is 17.7 Å². The molecule has 0 aliphatic carbocycles. The van der Waals surface area contributed by atoms with Crippen LogP contribution in [0.5, 0.6) is 0 Å². The van der Waals surface area contributed by atoms with E-state index in [4.69, 9.17) is 0 Å². The zero-order valence-electron chi connectivity index (χ0n) is 15.0. The van der Waals surface area contributed by atoms with Crippen LogP contribution in [0, 0.1) is 5.92 Å². The number of anilines is 1. The summed E-state index contributed by atoms with van der Waals surface area (Å²) in [5.74, 6) is 1.56. The van der Waals surface area contributed by atoms with Gasteiger partial charge >= 0.3 is 0 Å². The maximum Gasteiger partial charge on any atom is 0.190 e. The lowest BCUT2D eigenvalue weighted by Crippen LogP contribution is -2.41. The second-order valence-electron chi connectivity index (χ2n) is 6.55. The van der Waals surface area contributed by atoms with E-state index in [-0.39, 0.29) is 0 Å². The first-order valence-electron chi connectivity index (χ1n) is 9.13. The highest BCUT2D eigenvalue weighted by Crippen LogP contribution is 2.22. The Kier molecular flexibility index (Phi) is 6.32. The summed E-state index contributed by atoms with van der Waals surface area (Å²) in [6, 6.07) is 21.2. The van der Waals surface area contributed by atoms with Gasteiger partial charge in [-0.25, -0.2) is 0 Å². The highest BCUT2D eigenvalue weighted by atomic mass is 15.2. The predicted octanol–water partition coefficient (Wildman–Crippen LogP) is 2.92. The quantitative estimate of drug-likeness (QED) is 0.629. The fourth-order valence-electron chi connectivity index (χ4n) is 3.30. The van der Waals surface area contributed by atoms with Crippen LogP contribution in [-0.4, -0.2) is 39.2 Å². The molecule has 4 nitrogen and oxygen atoms in total. The summed E-state index contributed by atoms with van der Waals surface area (Å²) in [6.07, 6.45) is 2.23. The Labute approximate surface area is 151 Å². The van der Waals surface area contributed by atoms with Crippen LogP contribution in [-0.2, 0) is 6.42 Å². The molecule has 0 saturated carbocycles. The van der Waals surface area contributed by atoms with Crippen molar-refractivity contribution in [3.63, 3.8) is 0 Å². The molecule has 3 rings (SSSR count). The van der Waals surface area contributed by atoms with Gasteiger partial charge in [0.2, 0.25) is 0 Å². The van der Waals surface area contributed by atoms with Crippen LogP contribution in [0.25, 0.3) is 0 Å². The highest BCUT2D eigenvalue weighted by Gasteiger charge is 2.22. The molecule has 1 aliphatic rings.